The molecule has 0 saturated heterocycles. The molecule has 0 unspecified atom stereocenters. The molecule has 1 N–H and O–H groups in total. The summed E-state index contributed by atoms with van der Waals surface area (Å²) in [4.78, 5) is 4.97. The van der Waals surface area contributed by atoms with Crippen LogP contribution in [0.3, 0.4) is 0 Å². The molecule has 0 aromatic heterocycles. The SMILES string of the molecule is C=C/C(=C(\N=C(/C)N[C@H]1CC[C@H](C)CC1)C(=C)/C(C)=C\C)C(C)(C)C. The predicted octanol–water partition coefficient (Wildman–Crippen LogP) is 6.58. The standard InChI is InChI=1S/C23H38N2/c1-10-17(4)18(5)22(21(11-2)23(7,8)9)25-19(6)24-20-14-12-16(3)13-15-20/h10-11,16,20H,2,5,12-15H2,1,3-4,6-9H3,(H,24,25)/b17-10-,22-21+/t16-,20-. The third-order valence-electron chi connectivity index (χ3n) is 5.17. The quantitative estimate of drug-likeness (QED) is 0.340. The van der Waals surface area contributed by atoms with Gasteiger partial charge in [0, 0.05) is 6.04 Å². The lowest BCUT2D eigenvalue weighted by molar-refractivity contribution is 0.331. The Morgan fingerprint density at radius 3 is 2.12 bits per heavy atom. The zero-order valence-electron chi connectivity index (χ0n) is 17.5. The van der Waals surface area contributed by atoms with Gasteiger partial charge in [-0.1, -0.05) is 53.0 Å². The molecule has 0 aliphatic heterocycles. The van der Waals surface area contributed by atoms with E-state index in [1.54, 1.807) is 0 Å². The zero-order valence-corrected chi connectivity index (χ0v) is 17.5. The number of hydrogen-bond donors (Lipinski definition) is 1. The summed E-state index contributed by atoms with van der Waals surface area (Å²) in [7, 11) is 0. The number of rotatable bonds is 5. The minimum atomic E-state index is -0.0297. The minimum absolute atomic E-state index is 0.0297. The molecule has 0 aromatic rings. The average molecular weight is 343 g/mol. The van der Waals surface area contributed by atoms with Gasteiger partial charge >= 0.3 is 0 Å². The van der Waals surface area contributed by atoms with Crippen molar-refractivity contribution in [3.05, 3.63) is 47.7 Å². The Hall–Kier alpha value is -1.57. The highest BCUT2D eigenvalue weighted by atomic mass is 15.0. The van der Waals surface area contributed by atoms with Gasteiger partial charge < -0.3 is 5.32 Å². The molecule has 1 aliphatic rings. The molecular formula is C23H38N2. The third kappa shape index (κ3) is 6.34. The van der Waals surface area contributed by atoms with Crippen molar-refractivity contribution in [1.82, 2.24) is 5.32 Å². The maximum absolute atomic E-state index is 4.97. The van der Waals surface area contributed by atoms with Crippen LogP contribution in [0.1, 0.15) is 74.1 Å². The van der Waals surface area contributed by atoms with E-state index >= 15 is 0 Å². The monoisotopic (exact) mass is 342 g/mol. The van der Waals surface area contributed by atoms with Gasteiger partial charge in [0.05, 0.1) is 11.5 Å². The van der Waals surface area contributed by atoms with Gasteiger partial charge in [0.2, 0.25) is 0 Å². The van der Waals surface area contributed by atoms with E-state index in [-0.39, 0.29) is 5.41 Å². The van der Waals surface area contributed by atoms with Gasteiger partial charge in [-0.25, -0.2) is 4.99 Å². The molecule has 25 heavy (non-hydrogen) atoms. The van der Waals surface area contributed by atoms with Crippen molar-refractivity contribution in [2.45, 2.75) is 80.2 Å². The van der Waals surface area contributed by atoms with Gasteiger partial charge in [0.15, 0.2) is 0 Å². The van der Waals surface area contributed by atoms with E-state index in [2.05, 4.69) is 66.1 Å². The van der Waals surface area contributed by atoms with Crippen molar-refractivity contribution in [3.63, 3.8) is 0 Å². The van der Waals surface area contributed by atoms with Gasteiger partial charge in [-0.05, 0) is 74.5 Å². The molecule has 0 heterocycles. The summed E-state index contributed by atoms with van der Waals surface area (Å²) < 4.78 is 0. The van der Waals surface area contributed by atoms with Gasteiger partial charge in [-0.15, -0.1) is 0 Å². The van der Waals surface area contributed by atoms with Gasteiger partial charge in [0.25, 0.3) is 0 Å². The van der Waals surface area contributed by atoms with Crippen LogP contribution in [0.2, 0.25) is 0 Å². The van der Waals surface area contributed by atoms with Crippen LogP contribution in [0.5, 0.6) is 0 Å². The van der Waals surface area contributed by atoms with Crippen LogP contribution < -0.4 is 5.32 Å². The molecule has 1 aliphatic carbocycles. The fourth-order valence-corrected chi connectivity index (χ4v) is 3.31. The minimum Gasteiger partial charge on any atom is -0.371 e. The van der Waals surface area contributed by atoms with Crippen LogP contribution in [0.25, 0.3) is 0 Å². The Morgan fingerprint density at radius 1 is 1.12 bits per heavy atom. The van der Waals surface area contributed by atoms with Gasteiger partial charge in [0.1, 0.15) is 0 Å². The molecule has 140 valence electrons. The van der Waals surface area contributed by atoms with Crippen LogP contribution in [-0.4, -0.2) is 11.9 Å². The van der Waals surface area contributed by atoms with E-state index in [4.69, 9.17) is 4.99 Å². The number of amidine groups is 1. The lowest BCUT2D eigenvalue weighted by Crippen LogP contribution is -2.36. The van der Waals surface area contributed by atoms with Crippen LogP contribution in [0, 0.1) is 11.3 Å². The smallest absolute Gasteiger partial charge is 0.0993 e. The molecule has 0 atom stereocenters. The lowest BCUT2D eigenvalue weighted by atomic mass is 9.83. The molecule has 0 aromatic carbocycles. The van der Waals surface area contributed by atoms with Crippen LogP contribution in [0.4, 0.5) is 0 Å². The Bertz CT molecular complexity index is 574. The third-order valence-corrected chi connectivity index (χ3v) is 5.17. The molecule has 2 nitrogen and oxygen atoms in total. The zero-order chi connectivity index (χ0) is 19.2. The first-order valence-electron chi connectivity index (χ1n) is 9.61. The van der Waals surface area contributed by atoms with E-state index in [0.717, 1.165) is 34.2 Å². The van der Waals surface area contributed by atoms with E-state index in [1.165, 1.54) is 25.7 Å². The Kier molecular flexibility index (Phi) is 7.92. The van der Waals surface area contributed by atoms with Crippen molar-refractivity contribution in [3.8, 4) is 0 Å². The Balaban J connectivity index is 3.17. The summed E-state index contributed by atoms with van der Waals surface area (Å²) in [5.74, 6) is 1.83. The first kappa shape index (κ1) is 21.5. The summed E-state index contributed by atoms with van der Waals surface area (Å²) in [5.41, 5.74) is 4.19. The fraction of sp³-hybridized carbons (Fsp3) is 0.609. The molecule has 0 radical (unpaired) electrons. The number of aliphatic imine (C=N–C) groups is 1. The molecule has 0 bridgehead atoms. The van der Waals surface area contributed by atoms with Crippen molar-refractivity contribution in [2.24, 2.45) is 16.3 Å². The van der Waals surface area contributed by atoms with E-state index in [1.807, 2.05) is 13.0 Å². The lowest BCUT2D eigenvalue weighted by Gasteiger charge is -2.28. The molecule has 2 heteroatoms. The topological polar surface area (TPSA) is 24.4 Å². The van der Waals surface area contributed by atoms with Crippen LogP contribution >= 0.6 is 0 Å². The van der Waals surface area contributed by atoms with Crippen molar-refractivity contribution < 1.29 is 0 Å². The second-order valence-corrected chi connectivity index (χ2v) is 8.46. The Morgan fingerprint density at radius 2 is 1.68 bits per heavy atom. The predicted molar refractivity (Wildman–Crippen MR) is 113 cm³/mol. The first-order chi connectivity index (χ1) is 11.6. The van der Waals surface area contributed by atoms with E-state index in [9.17, 15) is 0 Å². The van der Waals surface area contributed by atoms with Crippen LogP contribution in [-0.2, 0) is 0 Å². The number of allylic oxidation sites excluding steroid dienone is 4. The normalized spacial score (nSPS) is 23.8. The highest BCUT2D eigenvalue weighted by Crippen LogP contribution is 2.34. The molecule has 1 saturated carbocycles. The van der Waals surface area contributed by atoms with Gasteiger partial charge in [-0.2, -0.15) is 0 Å². The van der Waals surface area contributed by atoms with E-state index < -0.39 is 0 Å². The summed E-state index contributed by atoms with van der Waals surface area (Å²) in [6.07, 6.45) is 9.09. The first-order valence-corrected chi connectivity index (χ1v) is 9.61. The molecule has 0 spiro atoms. The molecule has 0 amide bonds. The number of hydrogen-bond acceptors (Lipinski definition) is 1. The summed E-state index contributed by atoms with van der Waals surface area (Å²) in [6.45, 7) is 23.5. The second kappa shape index (κ2) is 9.22. The van der Waals surface area contributed by atoms with Crippen LogP contribution in [0.15, 0.2) is 52.7 Å². The van der Waals surface area contributed by atoms with E-state index in [0.29, 0.717) is 6.04 Å². The van der Waals surface area contributed by atoms with Crippen molar-refractivity contribution in [2.75, 3.05) is 0 Å². The van der Waals surface area contributed by atoms with Crippen molar-refractivity contribution >= 4 is 5.84 Å². The van der Waals surface area contributed by atoms with Gasteiger partial charge in [-0.3, -0.25) is 0 Å². The number of nitrogens with one attached hydrogen (secondary N) is 1. The molecular weight excluding hydrogens is 304 g/mol. The summed E-state index contributed by atoms with van der Waals surface area (Å²) in [5, 5.41) is 3.63. The highest BCUT2D eigenvalue weighted by molar-refractivity contribution is 5.82. The summed E-state index contributed by atoms with van der Waals surface area (Å²) in [6, 6.07) is 0.541. The average Bonchev–Trinajstić information content (AvgIpc) is 2.54. The fourth-order valence-electron chi connectivity index (χ4n) is 3.31. The second-order valence-electron chi connectivity index (χ2n) is 8.46. The Labute approximate surface area is 155 Å². The largest absolute Gasteiger partial charge is 0.371 e. The number of nitrogens with zero attached hydrogens (tertiary/aromatic N) is 1. The summed E-state index contributed by atoms with van der Waals surface area (Å²) >= 11 is 0. The molecule has 1 rings (SSSR count). The van der Waals surface area contributed by atoms with Crippen molar-refractivity contribution in [1.29, 1.82) is 0 Å². The molecule has 1 fully saturated rings. The highest BCUT2D eigenvalue weighted by Gasteiger charge is 2.22. The maximum atomic E-state index is 4.97. The maximum Gasteiger partial charge on any atom is 0.0993 e.